The van der Waals surface area contributed by atoms with E-state index < -0.39 is 12.5 Å². The number of carbonyl (C=O) groups excluding carboxylic acids is 1. The summed E-state index contributed by atoms with van der Waals surface area (Å²) in [6, 6.07) is 7.42. The maximum atomic E-state index is 13.3. The molecule has 0 radical (unpaired) electrons. The Morgan fingerprint density at radius 2 is 1.88 bits per heavy atom. The molecule has 0 atom stereocenters. The van der Waals surface area contributed by atoms with Gasteiger partial charge in [0.2, 0.25) is 11.8 Å². The second-order valence-corrected chi connectivity index (χ2v) is 9.38. The number of benzene rings is 1. The van der Waals surface area contributed by atoms with Gasteiger partial charge in [-0.25, -0.2) is 9.37 Å². The van der Waals surface area contributed by atoms with Crippen LogP contribution in [0.5, 0.6) is 0 Å². The molecule has 2 bridgehead atoms. The first kappa shape index (κ1) is 20.5. The van der Waals surface area contributed by atoms with E-state index >= 15 is 0 Å². The normalized spacial score (nSPS) is 30.3. The van der Waals surface area contributed by atoms with Gasteiger partial charge < -0.3 is 9.73 Å². The number of nitrogens with zero attached hydrogens (tertiary/aromatic N) is 3. The maximum Gasteiger partial charge on any atom is 0.522 e. The Morgan fingerprint density at radius 3 is 2.61 bits per heavy atom. The molecule has 4 aliphatic carbocycles. The van der Waals surface area contributed by atoms with E-state index in [9.17, 15) is 22.4 Å². The van der Waals surface area contributed by atoms with E-state index in [2.05, 4.69) is 25.2 Å². The topological polar surface area (TPSA) is 90.1 Å². The zero-order valence-corrected chi connectivity index (χ0v) is 17.2. The van der Waals surface area contributed by atoms with Gasteiger partial charge in [-0.15, -0.1) is 23.4 Å². The molecule has 0 spiro atoms. The van der Waals surface area contributed by atoms with Gasteiger partial charge in [-0.2, -0.15) is 0 Å². The smallest absolute Gasteiger partial charge is 0.424 e. The molecule has 0 saturated heterocycles. The van der Waals surface area contributed by atoms with E-state index in [0.29, 0.717) is 41.9 Å². The quantitative estimate of drug-likeness (QED) is 0.573. The molecule has 2 aromatic heterocycles. The molecular formula is C22H18F4N4O3. The number of nitrogens with one attached hydrogen (secondary N) is 1. The summed E-state index contributed by atoms with van der Waals surface area (Å²) in [5.41, 5.74) is 0.148. The summed E-state index contributed by atoms with van der Waals surface area (Å²) in [5, 5.41) is 11.8. The summed E-state index contributed by atoms with van der Waals surface area (Å²) in [4.78, 5) is 17.0. The SMILES string of the molecule is O=C(NC12CC(c3nnc(C4CC(OC(F)(F)F)C4)o3)(C1)C2)c1ccc2cc(F)ccc2n1. The molecule has 0 unspecified atom stereocenters. The number of carbonyl (C=O) groups is 1. The van der Waals surface area contributed by atoms with Crippen molar-refractivity contribution in [1.29, 1.82) is 0 Å². The summed E-state index contributed by atoms with van der Waals surface area (Å²) in [7, 11) is 0. The predicted molar refractivity (Wildman–Crippen MR) is 105 cm³/mol. The van der Waals surface area contributed by atoms with Gasteiger partial charge in [-0.1, -0.05) is 6.07 Å². The van der Waals surface area contributed by atoms with E-state index in [1.165, 1.54) is 18.2 Å². The van der Waals surface area contributed by atoms with Gasteiger partial charge >= 0.3 is 6.36 Å². The number of hydrogen-bond acceptors (Lipinski definition) is 6. The highest BCUT2D eigenvalue weighted by Crippen LogP contribution is 2.67. The minimum atomic E-state index is -4.64. The third-order valence-corrected chi connectivity index (χ3v) is 6.93. The third kappa shape index (κ3) is 3.45. The lowest BCUT2D eigenvalue weighted by molar-refractivity contribution is -0.352. The minimum absolute atomic E-state index is 0.194. The van der Waals surface area contributed by atoms with Crippen molar-refractivity contribution < 1.29 is 31.5 Å². The van der Waals surface area contributed by atoms with Crippen molar-refractivity contribution in [1.82, 2.24) is 20.5 Å². The number of fused-ring (bicyclic) bond motifs is 1. The van der Waals surface area contributed by atoms with Gasteiger partial charge in [0.1, 0.15) is 11.5 Å². The molecule has 4 fully saturated rings. The van der Waals surface area contributed by atoms with Crippen molar-refractivity contribution in [2.75, 3.05) is 0 Å². The van der Waals surface area contributed by atoms with Crippen LogP contribution >= 0.6 is 0 Å². The van der Waals surface area contributed by atoms with Crippen LogP contribution in [0.4, 0.5) is 17.6 Å². The lowest BCUT2D eigenvalue weighted by Gasteiger charge is -2.68. The van der Waals surface area contributed by atoms with Crippen molar-refractivity contribution in [3.05, 3.63) is 53.6 Å². The molecule has 7 nitrogen and oxygen atoms in total. The summed E-state index contributed by atoms with van der Waals surface area (Å²) >= 11 is 0. The van der Waals surface area contributed by atoms with Crippen LogP contribution in [0.3, 0.4) is 0 Å². The Kier molecular flexibility index (Phi) is 4.18. The van der Waals surface area contributed by atoms with E-state index in [1.54, 1.807) is 12.1 Å². The van der Waals surface area contributed by atoms with E-state index in [0.717, 1.165) is 0 Å². The van der Waals surface area contributed by atoms with Gasteiger partial charge in [-0.05, 0) is 56.4 Å². The van der Waals surface area contributed by atoms with Crippen LogP contribution in [0, 0.1) is 5.82 Å². The fourth-order valence-electron chi connectivity index (χ4n) is 5.34. The molecule has 172 valence electrons. The zero-order valence-electron chi connectivity index (χ0n) is 17.2. The van der Waals surface area contributed by atoms with Crippen LogP contribution in [-0.2, 0) is 10.2 Å². The summed E-state index contributed by atoms with van der Waals surface area (Å²) in [5.74, 6) is -0.0825. The number of rotatable bonds is 5. The molecule has 1 N–H and O–H groups in total. The van der Waals surface area contributed by atoms with Crippen LogP contribution in [0.15, 0.2) is 34.7 Å². The van der Waals surface area contributed by atoms with E-state index in [-0.39, 0.29) is 47.1 Å². The summed E-state index contributed by atoms with van der Waals surface area (Å²) in [6.07, 6.45) is -3.18. The molecular weight excluding hydrogens is 444 g/mol. The van der Waals surface area contributed by atoms with Crippen LogP contribution in [-0.4, -0.2) is 39.1 Å². The molecule has 2 heterocycles. The molecule has 1 amide bonds. The van der Waals surface area contributed by atoms with Gasteiger partial charge in [0.05, 0.1) is 17.0 Å². The van der Waals surface area contributed by atoms with Crippen molar-refractivity contribution in [2.24, 2.45) is 0 Å². The minimum Gasteiger partial charge on any atom is -0.424 e. The van der Waals surface area contributed by atoms with Crippen LogP contribution in [0.2, 0.25) is 0 Å². The van der Waals surface area contributed by atoms with Gasteiger partial charge in [0, 0.05) is 16.8 Å². The molecule has 7 rings (SSSR count). The van der Waals surface area contributed by atoms with Gasteiger partial charge in [-0.3, -0.25) is 9.53 Å². The number of aromatic nitrogens is 3. The number of alkyl halides is 3. The summed E-state index contributed by atoms with van der Waals surface area (Å²) in [6.45, 7) is 0. The predicted octanol–water partition coefficient (Wildman–Crippen LogP) is 4.14. The second-order valence-electron chi connectivity index (χ2n) is 9.38. The lowest BCUT2D eigenvalue weighted by Crippen LogP contribution is -2.76. The van der Waals surface area contributed by atoms with Crippen molar-refractivity contribution in [3.63, 3.8) is 0 Å². The van der Waals surface area contributed by atoms with Crippen LogP contribution in [0.25, 0.3) is 10.9 Å². The van der Waals surface area contributed by atoms with Crippen molar-refractivity contribution in [2.45, 2.75) is 61.4 Å². The second kappa shape index (κ2) is 6.72. The third-order valence-electron chi connectivity index (χ3n) is 6.93. The van der Waals surface area contributed by atoms with E-state index in [4.69, 9.17) is 4.42 Å². The number of amides is 1. The average molecular weight is 462 g/mol. The first-order valence-corrected chi connectivity index (χ1v) is 10.6. The first-order valence-electron chi connectivity index (χ1n) is 10.6. The van der Waals surface area contributed by atoms with Crippen LogP contribution in [0.1, 0.15) is 60.3 Å². The van der Waals surface area contributed by atoms with Crippen molar-refractivity contribution >= 4 is 16.8 Å². The Morgan fingerprint density at radius 1 is 1.12 bits per heavy atom. The molecule has 3 aromatic rings. The molecule has 4 aliphatic rings. The van der Waals surface area contributed by atoms with Gasteiger partial charge in [0.25, 0.3) is 5.91 Å². The molecule has 4 saturated carbocycles. The highest BCUT2D eigenvalue weighted by Gasteiger charge is 2.72. The fourth-order valence-corrected chi connectivity index (χ4v) is 5.34. The van der Waals surface area contributed by atoms with E-state index in [1.807, 2.05) is 0 Å². The Bertz CT molecular complexity index is 1250. The monoisotopic (exact) mass is 462 g/mol. The van der Waals surface area contributed by atoms with Gasteiger partial charge in [0.15, 0.2) is 0 Å². The molecule has 0 aliphatic heterocycles. The van der Waals surface area contributed by atoms with Crippen molar-refractivity contribution in [3.8, 4) is 0 Å². The number of ether oxygens (including phenoxy) is 1. The highest BCUT2D eigenvalue weighted by molar-refractivity contribution is 5.95. The maximum absolute atomic E-state index is 13.3. The average Bonchev–Trinajstić information content (AvgIpc) is 3.13. The Labute approximate surface area is 184 Å². The first-order chi connectivity index (χ1) is 15.6. The Hall–Kier alpha value is -3.08. The molecule has 1 aromatic carbocycles. The fraction of sp³-hybridized carbons (Fsp3) is 0.455. The molecule has 11 heteroatoms. The number of pyridine rings is 1. The number of hydrogen-bond donors (Lipinski definition) is 1. The Balaban J connectivity index is 1.06. The van der Waals surface area contributed by atoms with Crippen LogP contribution < -0.4 is 5.32 Å². The summed E-state index contributed by atoms with van der Waals surface area (Å²) < 4.78 is 59.9. The lowest BCUT2D eigenvalue weighted by atomic mass is 9.39. The standard InChI is InChI=1S/C22H18F4N4O3/c23-13-2-4-15-11(5-13)1-3-16(27-15)17(31)28-21-8-20(9-21,10-21)19-30-29-18(32-19)12-6-14(7-12)33-22(24,25)26/h1-5,12,14H,6-10H2,(H,28,31). The number of halogens is 4. The highest BCUT2D eigenvalue weighted by atomic mass is 19.4. The largest absolute Gasteiger partial charge is 0.522 e. The zero-order chi connectivity index (χ0) is 23.0. The molecule has 33 heavy (non-hydrogen) atoms.